The van der Waals surface area contributed by atoms with E-state index in [-0.39, 0.29) is 0 Å². The summed E-state index contributed by atoms with van der Waals surface area (Å²) in [4.78, 5) is 4.13. The molecule has 0 saturated heterocycles. The van der Waals surface area contributed by atoms with E-state index in [0.717, 1.165) is 11.1 Å². The molecular formula is C10H11N3O2. The molecule has 5 nitrogen and oxygen atoms in total. The fourth-order valence-corrected chi connectivity index (χ4v) is 1.34. The molecule has 0 aromatic carbocycles. The van der Waals surface area contributed by atoms with Crippen LogP contribution in [0, 0.1) is 6.92 Å². The Balaban J connectivity index is 2.42. The van der Waals surface area contributed by atoms with Crippen LogP contribution in [0.15, 0.2) is 22.9 Å². The van der Waals surface area contributed by atoms with E-state index in [4.69, 9.17) is 15.0 Å². The summed E-state index contributed by atoms with van der Waals surface area (Å²) in [7, 11) is 1.58. The first-order valence-electron chi connectivity index (χ1n) is 4.44. The number of nitrogens with two attached hydrogens (primary N) is 1. The molecule has 15 heavy (non-hydrogen) atoms. The predicted molar refractivity (Wildman–Crippen MR) is 55.4 cm³/mol. The van der Waals surface area contributed by atoms with Crippen LogP contribution in [-0.2, 0) is 0 Å². The first-order chi connectivity index (χ1) is 7.20. The van der Waals surface area contributed by atoms with E-state index < -0.39 is 0 Å². The predicted octanol–water partition coefficient (Wildman–Crippen LogP) is 1.64. The second kappa shape index (κ2) is 3.61. The van der Waals surface area contributed by atoms with Gasteiger partial charge in [-0.2, -0.15) is 0 Å². The minimum Gasteiger partial charge on any atom is -0.481 e. The average Bonchev–Trinajstić information content (AvgIpc) is 2.65. The average molecular weight is 205 g/mol. The van der Waals surface area contributed by atoms with Crippen LogP contribution >= 0.6 is 0 Å². The number of pyridine rings is 1. The lowest BCUT2D eigenvalue weighted by atomic mass is 10.2. The summed E-state index contributed by atoms with van der Waals surface area (Å²) in [5, 5.41) is 3.61. The third kappa shape index (κ3) is 1.76. The molecule has 0 atom stereocenters. The van der Waals surface area contributed by atoms with Crippen molar-refractivity contribution in [3.63, 3.8) is 0 Å². The van der Waals surface area contributed by atoms with Gasteiger partial charge in [-0.3, -0.25) is 0 Å². The summed E-state index contributed by atoms with van der Waals surface area (Å²) in [5.41, 5.74) is 7.23. The van der Waals surface area contributed by atoms with Gasteiger partial charge in [0, 0.05) is 23.4 Å². The Kier molecular flexibility index (Phi) is 2.29. The first kappa shape index (κ1) is 9.51. The molecule has 0 bridgehead atoms. The minimum absolute atomic E-state index is 0.360. The smallest absolute Gasteiger partial charge is 0.215 e. The molecule has 0 spiro atoms. The topological polar surface area (TPSA) is 74.2 Å². The van der Waals surface area contributed by atoms with Gasteiger partial charge in [0.2, 0.25) is 5.88 Å². The lowest BCUT2D eigenvalue weighted by Gasteiger charge is -2.03. The van der Waals surface area contributed by atoms with Gasteiger partial charge in [0.1, 0.15) is 0 Å². The summed E-state index contributed by atoms with van der Waals surface area (Å²) in [5.74, 6) is 1.57. The van der Waals surface area contributed by atoms with Gasteiger partial charge in [0.05, 0.1) is 7.11 Å². The molecule has 0 radical (unpaired) electrons. The first-order valence-corrected chi connectivity index (χ1v) is 4.44. The van der Waals surface area contributed by atoms with E-state index >= 15 is 0 Å². The highest BCUT2D eigenvalue weighted by Crippen LogP contribution is 2.24. The van der Waals surface area contributed by atoms with Crippen LogP contribution in [-0.4, -0.2) is 17.3 Å². The Hall–Kier alpha value is -2.04. The summed E-state index contributed by atoms with van der Waals surface area (Å²) in [6.45, 7) is 1.91. The molecule has 0 aliphatic carbocycles. The zero-order valence-corrected chi connectivity index (χ0v) is 8.52. The molecule has 2 aromatic rings. The van der Waals surface area contributed by atoms with Gasteiger partial charge in [-0.1, -0.05) is 5.16 Å². The zero-order valence-electron chi connectivity index (χ0n) is 8.52. The molecule has 0 amide bonds. The quantitative estimate of drug-likeness (QED) is 0.806. The van der Waals surface area contributed by atoms with Crippen LogP contribution in [0.4, 0.5) is 5.82 Å². The Morgan fingerprint density at radius 2 is 2.20 bits per heavy atom. The maximum Gasteiger partial charge on any atom is 0.215 e. The summed E-state index contributed by atoms with van der Waals surface area (Å²) in [6, 6.07) is 3.56. The number of aromatic nitrogens is 2. The number of hydrogen-bond donors (Lipinski definition) is 1. The Morgan fingerprint density at radius 1 is 1.40 bits per heavy atom. The zero-order chi connectivity index (χ0) is 10.8. The highest BCUT2D eigenvalue weighted by atomic mass is 16.5. The van der Waals surface area contributed by atoms with Gasteiger partial charge in [0.15, 0.2) is 11.6 Å². The molecule has 0 aliphatic heterocycles. The van der Waals surface area contributed by atoms with Crippen LogP contribution in [0.3, 0.4) is 0 Å². The van der Waals surface area contributed by atoms with Crippen molar-refractivity contribution < 1.29 is 9.26 Å². The van der Waals surface area contributed by atoms with Crippen LogP contribution in [0.1, 0.15) is 5.56 Å². The van der Waals surface area contributed by atoms with Gasteiger partial charge in [-0.05, 0) is 13.0 Å². The van der Waals surface area contributed by atoms with Crippen molar-refractivity contribution in [1.82, 2.24) is 10.1 Å². The summed E-state index contributed by atoms with van der Waals surface area (Å²) < 4.78 is 10.1. The lowest BCUT2D eigenvalue weighted by molar-refractivity contribution is 0.394. The molecule has 5 heteroatoms. The molecule has 0 aliphatic rings. The number of nitrogen functional groups attached to an aromatic ring is 1. The number of ether oxygens (including phenoxy) is 1. The molecule has 2 rings (SSSR count). The number of methoxy groups -OCH3 is 1. The fraction of sp³-hybridized carbons (Fsp3) is 0.200. The molecule has 0 unspecified atom stereocenters. The van der Waals surface area contributed by atoms with Gasteiger partial charge in [-0.15, -0.1) is 0 Å². The minimum atomic E-state index is 0.360. The van der Waals surface area contributed by atoms with Crippen LogP contribution in [0.5, 0.6) is 5.88 Å². The molecule has 0 fully saturated rings. The fourth-order valence-electron chi connectivity index (χ4n) is 1.34. The van der Waals surface area contributed by atoms with Crippen molar-refractivity contribution in [2.45, 2.75) is 6.92 Å². The third-order valence-corrected chi connectivity index (χ3v) is 2.04. The maximum atomic E-state index is 5.46. The Bertz CT molecular complexity index is 479. The lowest BCUT2D eigenvalue weighted by Crippen LogP contribution is -1.91. The Morgan fingerprint density at radius 3 is 2.73 bits per heavy atom. The highest BCUT2D eigenvalue weighted by molar-refractivity contribution is 5.60. The highest BCUT2D eigenvalue weighted by Gasteiger charge is 2.07. The van der Waals surface area contributed by atoms with Gasteiger partial charge in [0.25, 0.3) is 0 Å². The summed E-state index contributed by atoms with van der Waals surface area (Å²) >= 11 is 0. The molecule has 0 saturated carbocycles. The number of anilines is 1. The van der Waals surface area contributed by atoms with Crippen LogP contribution in [0.25, 0.3) is 11.3 Å². The molecule has 78 valence electrons. The van der Waals surface area contributed by atoms with Crippen molar-refractivity contribution in [2.75, 3.05) is 12.8 Å². The van der Waals surface area contributed by atoms with Crippen molar-refractivity contribution in [3.8, 4) is 17.2 Å². The van der Waals surface area contributed by atoms with E-state index in [9.17, 15) is 0 Å². The standard InChI is InChI=1S/C10H11N3O2/c1-6-3-7(5-12-10(6)14-2)8-4-9(11)13-15-8/h3-5H,1-2H3,(H2,11,13). The van der Waals surface area contributed by atoms with Crippen molar-refractivity contribution in [3.05, 3.63) is 23.9 Å². The monoisotopic (exact) mass is 205 g/mol. The van der Waals surface area contributed by atoms with Crippen molar-refractivity contribution in [2.24, 2.45) is 0 Å². The number of nitrogens with zero attached hydrogens (tertiary/aromatic N) is 2. The maximum absolute atomic E-state index is 5.46. The largest absolute Gasteiger partial charge is 0.481 e. The molecule has 2 aromatic heterocycles. The number of rotatable bonds is 2. The van der Waals surface area contributed by atoms with Crippen LogP contribution in [0.2, 0.25) is 0 Å². The normalized spacial score (nSPS) is 10.3. The van der Waals surface area contributed by atoms with E-state index in [1.807, 2.05) is 13.0 Å². The van der Waals surface area contributed by atoms with Gasteiger partial charge in [-0.25, -0.2) is 4.98 Å². The molecular weight excluding hydrogens is 194 g/mol. The second-order valence-corrected chi connectivity index (χ2v) is 3.17. The number of aryl methyl sites for hydroxylation is 1. The van der Waals surface area contributed by atoms with E-state index in [0.29, 0.717) is 17.5 Å². The second-order valence-electron chi connectivity index (χ2n) is 3.17. The third-order valence-electron chi connectivity index (χ3n) is 2.04. The SMILES string of the molecule is COc1ncc(-c2cc(N)no2)cc1C. The van der Waals surface area contributed by atoms with E-state index in [1.165, 1.54) is 0 Å². The van der Waals surface area contributed by atoms with Crippen molar-refractivity contribution >= 4 is 5.82 Å². The van der Waals surface area contributed by atoms with E-state index in [1.54, 1.807) is 19.4 Å². The van der Waals surface area contributed by atoms with Gasteiger partial charge >= 0.3 is 0 Å². The van der Waals surface area contributed by atoms with E-state index in [2.05, 4.69) is 10.1 Å². The Labute approximate surface area is 86.9 Å². The summed E-state index contributed by atoms with van der Waals surface area (Å²) in [6.07, 6.45) is 1.66. The van der Waals surface area contributed by atoms with Gasteiger partial charge < -0.3 is 15.0 Å². The van der Waals surface area contributed by atoms with Crippen molar-refractivity contribution in [1.29, 1.82) is 0 Å². The van der Waals surface area contributed by atoms with Crippen LogP contribution < -0.4 is 10.5 Å². The number of hydrogen-bond acceptors (Lipinski definition) is 5. The molecule has 2 heterocycles. The molecule has 2 N–H and O–H groups in total.